The summed E-state index contributed by atoms with van der Waals surface area (Å²) in [6, 6.07) is 6.11. The Kier molecular flexibility index (Phi) is 4.15. The van der Waals surface area contributed by atoms with Crippen LogP contribution in [0.3, 0.4) is 0 Å². The molecule has 2 aliphatic rings. The maximum atomic E-state index is 11.5. The molecule has 1 fully saturated rings. The molecule has 0 amide bonds. The number of likely N-dealkylation sites (N-methyl/N-ethyl adjacent to an activating group) is 1. The van der Waals surface area contributed by atoms with Crippen molar-refractivity contribution in [2.24, 2.45) is 0 Å². The van der Waals surface area contributed by atoms with Crippen LogP contribution in [0.5, 0.6) is 5.75 Å². The highest BCUT2D eigenvalue weighted by Crippen LogP contribution is 2.27. The van der Waals surface area contributed by atoms with Gasteiger partial charge in [0.2, 0.25) is 0 Å². The fourth-order valence-corrected chi connectivity index (χ4v) is 3.42. The molecular weight excluding hydrogens is 266 g/mol. The van der Waals surface area contributed by atoms with Gasteiger partial charge in [-0.15, -0.1) is 0 Å². The highest BCUT2D eigenvalue weighted by Gasteiger charge is 2.28. The highest BCUT2D eigenvalue weighted by atomic mass is 16.5. The van der Waals surface area contributed by atoms with Crippen LogP contribution < -0.4 is 4.74 Å². The molecule has 1 aromatic carbocycles. The molecule has 1 saturated heterocycles. The van der Waals surface area contributed by atoms with Gasteiger partial charge >= 0.3 is 5.97 Å². The Bertz CT molecular complexity index is 529. The third kappa shape index (κ3) is 2.91. The van der Waals surface area contributed by atoms with Crippen LogP contribution in [0.1, 0.15) is 49.0 Å². The Labute approximate surface area is 126 Å². The number of carbonyl (C=O) groups excluding carboxylic acids is 1. The molecule has 0 spiro atoms. The minimum Gasteiger partial charge on any atom is -0.489 e. The van der Waals surface area contributed by atoms with Gasteiger partial charge in [0.05, 0.1) is 5.56 Å². The van der Waals surface area contributed by atoms with Gasteiger partial charge in [0.25, 0.3) is 0 Å². The maximum absolute atomic E-state index is 11.5. The summed E-state index contributed by atoms with van der Waals surface area (Å²) in [5.74, 6) is 0.607. The first kappa shape index (κ1) is 14.4. The van der Waals surface area contributed by atoms with Crippen molar-refractivity contribution in [1.29, 1.82) is 0 Å². The van der Waals surface area contributed by atoms with E-state index >= 15 is 0 Å². The second-order valence-electron chi connectivity index (χ2n) is 5.91. The van der Waals surface area contributed by atoms with E-state index in [1.54, 1.807) is 0 Å². The van der Waals surface area contributed by atoms with Crippen LogP contribution in [0.15, 0.2) is 18.2 Å². The van der Waals surface area contributed by atoms with Gasteiger partial charge in [-0.1, -0.05) is 13.3 Å². The number of cyclic esters (lactones) is 1. The van der Waals surface area contributed by atoms with E-state index in [2.05, 4.69) is 18.7 Å². The second-order valence-corrected chi connectivity index (χ2v) is 5.91. The van der Waals surface area contributed by atoms with Gasteiger partial charge in [0.15, 0.2) is 0 Å². The molecule has 1 aromatic rings. The largest absolute Gasteiger partial charge is 0.489 e. The van der Waals surface area contributed by atoms with E-state index < -0.39 is 0 Å². The predicted octanol–water partition coefficient (Wildman–Crippen LogP) is 3.00. The number of piperidine rings is 1. The average Bonchev–Trinajstić information content (AvgIpc) is 2.88. The van der Waals surface area contributed by atoms with Gasteiger partial charge < -0.3 is 9.47 Å². The molecule has 4 heteroatoms. The summed E-state index contributed by atoms with van der Waals surface area (Å²) in [6.07, 6.45) is 3.92. The Morgan fingerprint density at radius 1 is 1.43 bits per heavy atom. The SMILES string of the molecule is CCN1CCCC[C@@H]1C(C)Oc1ccc2c(c1)COC2=O. The van der Waals surface area contributed by atoms with Crippen LogP contribution in [-0.4, -0.2) is 36.1 Å². The first-order valence-corrected chi connectivity index (χ1v) is 7.90. The van der Waals surface area contributed by atoms with E-state index in [0.29, 0.717) is 18.2 Å². The summed E-state index contributed by atoms with van der Waals surface area (Å²) >= 11 is 0. The van der Waals surface area contributed by atoms with Crippen molar-refractivity contribution in [3.63, 3.8) is 0 Å². The summed E-state index contributed by atoms with van der Waals surface area (Å²) in [5.41, 5.74) is 1.60. The minimum atomic E-state index is -0.228. The summed E-state index contributed by atoms with van der Waals surface area (Å²) in [5, 5.41) is 0. The summed E-state index contributed by atoms with van der Waals surface area (Å²) < 4.78 is 11.2. The van der Waals surface area contributed by atoms with Crippen LogP contribution in [0, 0.1) is 0 Å². The zero-order valence-electron chi connectivity index (χ0n) is 12.8. The van der Waals surface area contributed by atoms with E-state index in [4.69, 9.17) is 9.47 Å². The van der Waals surface area contributed by atoms with Crippen LogP contribution >= 0.6 is 0 Å². The molecule has 2 heterocycles. The van der Waals surface area contributed by atoms with Crippen molar-refractivity contribution < 1.29 is 14.3 Å². The Morgan fingerprint density at radius 2 is 2.29 bits per heavy atom. The highest BCUT2D eigenvalue weighted by molar-refractivity contribution is 5.93. The predicted molar refractivity (Wildman–Crippen MR) is 80.5 cm³/mol. The molecule has 0 saturated carbocycles. The first-order chi connectivity index (χ1) is 10.2. The zero-order valence-corrected chi connectivity index (χ0v) is 12.8. The van der Waals surface area contributed by atoms with Crippen LogP contribution in [0.2, 0.25) is 0 Å². The monoisotopic (exact) mass is 289 g/mol. The van der Waals surface area contributed by atoms with Gasteiger partial charge in [-0.3, -0.25) is 4.90 Å². The lowest BCUT2D eigenvalue weighted by molar-refractivity contribution is 0.0529. The maximum Gasteiger partial charge on any atom is 0.338 e. The summed E-state index contributed by atoms with van der Waals surface area (Å²) in [7, 11) is 0. The van der Waals surface area contributed by atoms with Crippen LogP contribution in [-0.2, 0) is 11.3 Å². The van der Waals surface area contributed by atoms with E-state index in [9.17, 15) is 4.79 Å². The fraction of sp³-hybridized carbons (Fsp3) is 0.588. The second kappa shape index (κ2) is 6.06. The molecule has 0 bridgehead atoms. The summed E-state index contributed by atoms with van der Waals surface area (Å²) in [4.78, 5) is 14.0. The van der Waals surface area contributed by atoms with Crippen molar-refractivity contribution in [2.45, 2.75) is 51.9 Å². The van der Waals surface area contributed by atoms with Crippen molar-refractivity contribution >= 4 is 5.97 Å². The lowest BCUT2D eigenvalue weighted by atomic mass is 9.98. The first-order valence-electron chi connectivity index (χ1n) is 7.90. The molecular formula is C17H23NO3. The van der Waals surface area contributed by atoms with Gasteiger partial charge in [-0.05, 0) is 51.1 Å². The average molecular weight is 289 g/mol. The minimum absolute atomic E-state index is 0.154. The number of hydrogen-bond donors (Lipinski definition) is 0. The van der Waals surface area contributed by atoms with Crippen LogP contribution in [0.25, 0.3) is 0 Å². The topological polar surface area (TPSA) is 38.8 Å². The third-order valence-electron chi connectivity index (χ3n) is 4.59. The lowest BCUT2D eigenvalue weighted by Crippen LogP contribution is -2.47. The Hall–Kier alpha value is -1.55. The molecule has 2 aliphatic heterocycles. The number of ether oxygens (including phenoxy) is 2. The number of rotatable bonds is 4. The van der Waals surface area contributed by atoms with Gasteiger partial charge in [0.1, 0.15) is 18.5 Å². The van der Waals surface area contributed by atoms with E-state index in [1.807, 2.05) is 18.2 Å². The van der Waals surface area contributed by atoms with E-state index in [-0.39, 0.29) is 12.1 Å². The zero-order chi connectivity index (χ0) is 14.8. The van der Waals surface area contributed by atoms with Gasteiger partial charge in [-0.2, -0.15) is 0 Å². The molecule has 3 rings (SSSR count). The Morgan fingerprint density at radius 3 is 3.10 bits per heavy atom. The van der Waals surface area contributed by atoms with Crippen LogP contribution in [0.4, 0.5) is 0 Å². The third-order valence-corrected chi connectivity index (χ3v) is 4.59. The van der Waals surface area contributed by atoms with Crippen molar-refractivity contribution in [2.75, 3.05) is 13.1 Å². The van der Waals surface area contributed by atoms with E-state index in [1.165, 1.54) is 25.8 Å². The lowest BCUT2D eigenvalue weighted by Gasteiger charge is -2.38. The number of carbonyl (C=O) groups is 1. The van der Waals surface area contributed by atoms with Crippen molar-refractivity contribution in [3.8, 4) is 5.75 Å². The van der Waals surface area contributed by atoms with Gasteiger partial charge in [0, 0.05) is 11.6 Å². The molecule has 0 N–H and O–H groups in total. The smallest absolute Gasteiger partial charge is 0.338 e. The molecule has 114 valence electrons. The van der Waals surface area contributed by atoms with E-state index in [0.717, 1.165) is 17.9 Å². The standard InChI is InChI=1S/C17H23NO3/c1-3-18-9-5-4-6-16(18)12(2)21-14-7-8-15-13(10-14)11-20-17(15)19/h7-8,10,12,16H,3-6,9,11H2,1-2H3/t12?,16-/m1/s1. The normalized spacial score (nSPS) is 23.5. The quantitative estimate of drug-likeness (QED) is 0.799. The molecule has 1 unspecified atom stereocenters. The number of likely N-dealkylation sites (tertiary alicyclic amines) is 1. The number of fused-ring (bicyclic) bond motifs is 1. The molecule has 4 nitrogen and oxygen atoms in total. The number of benzene rings is 1. The number of hydrogen-bond acceptors (Lipinski definition) is 4. The van der Waals surface area contributed by atoms with Crippen molar-refractivity contribution in [3.05, 3.63) is 29.3 Å². The fourth-order valence-electron chi connectivity index (χ4n) is 3.42. The van der Waals surface area contributed by atoms with Crippen molar-refractivity contribution in [1.82, 2.24) is 4.90 Å². The molecule has 0 aliphatic carbocycles. The molecule has 0 aromatic heterocycles. The number of nitrogens with zero attached hydrogens (tertiary/aromatic N) is 1. The van der Waals surface area contributed by atoms with Gasteiger partial charge in [-0.25, -0.2) is 4.79 Å². The number of esters is 1. The molecule has 21 heavy (non-hydrogen) atoms. The molecule has 0 radical (unpaired) electrons. The molecule has 2 atom stereocenters. The Balaban J connectivity index is 1.69. The summed E-state index contributed by atoms with van der Waals surface area (Å²) in [6.45, 7) is 6.97.